The van der Waals surface area contributed by atoms with E-state index in [1.54, 1.807) is 0 Å². The highest BCUT2D eigenvalue weighted by molar-refractivity contribution is 5.79. The molecule has 0 aromatic heterocycles. The normalized spacial score (nSPS) is 23.3. The minimum Gasteiger partial charge on any atom is -0.378 e. The summed E-state index contributed by atoms with van der Waals surface area (Å²) < 4.78 is 5.35. The highest BCUT2D eigenvalue weighted by Gasteiger charge is 2.16. The largest absolute Gasteiger partial charge is 0.378 e. The van der Waals surface area contributed by atoms with E-state index >= 15 is 0 Å². The predicted octanol–water partition coefficient (Wildman–Crippen LogP) is -0.557. The molecule has 1 atom stereocenters. The highest BCUT2D eigenvalue weighted by atomic mass is 16.5. The Labute approximate surface area is 117 Å². The molecule has 2 fully saturated rings. The lowest BCUT2D eigenvalue weighted by atomic mass is 10.2. The van der Waals surface area contributed by atoms with Crippen molar-refractivity contribution in [2.24, 2.45) is 0 Å². The second kappa shape index (κ2) is 6.08. The Bertz CT molecular complexity index is 458. The minimum atomic E-state index is -0.300. The molecule has 1 unspecified atom stereocenters. The van der Waals surface area contributed by atoms with Crippen LogP contribution in [0.3, 0.4) is 0 Å². The zero-order valence-electron chi connectivity index (χ0n) is 11.2. The zero-order chi connectivity index (χ0) is 13.8. The van der Waals surface area contributed by atoms with Gasteiger partial charge >= 0.3 is 0 Å². The van der Waals surface area contributed by atoms with Gasteiger partial charge in [0.1, 0.15) is 0 Å². The maximum atomic E-state index is 11.3. The van der Waals surface area contributed by atoms with Gasteiger partial charge in [-0.25, -0.2) is 10.9 Å². The van der Waals surface area contributed by atoms with Crippen molar-refractivity contribution in [3.05, 3.63) is 24.3 Å². The second-order valence-electron chi connectivity index (χ2n) is 4.79. The summed E-state index contributed by atoms with van der Waals surface area (Å²) >= 11 is 0. The van der Waals surface area contributed by atoms with Gasteiger partial charge in [-0.3, -0.25) is 4.79 Å². The summed E-state index contributed by atoms with van der Waals surface area (Å²) in [5.74, 6) is -0.0359. The number of carbonyl (C=O) groups excluding carboxylic acids is 1. The summed E-state index contributed by atoms with van der Waals surface area (Å²) in [7, 11) is 0. The van der Waals surface area contributed by atoms with E-state index in [4.69, 9.17) is 4.74 Å². The number of amides is 1. The molecule has 1 aromatic rings. The van der Waals surface area contributed by atoms with Crippen molar-refractivity contribution in [1.29, 1.82) is 0 Å². The number of hydrogen-bond acceptors (Lipinski definition) is 6. The van der Waals surface area contributed by atoms with Gasteiger partial charge in [0, 0.05) is 24.5 Å². The third-order valence-corrected chi connectivity index (χ3v) is 3.36. The number of carbonyl (C=O) groups is 1. The molecule has 7 nitrogen and oxygen atoms in total. The zero-order valence-corrected chi connectivity index (χ0v) is 11.2. The summed E-state index contributed by atoms with van der Waals surface area (Å²) in [5, 5.41) is 5.98. The first-order valence-corrected chi connectivity index (χ1v) is 6.78. The predicted molar refractivity (Wildman–Crippen MR) is 76.2 cm³/mol. The van der Waals surface area contributed by atoms with Crippen molar-refractivity contribution in [2.45, 2.75) is 6.29 Å². The van der Waals surface area contributed by atoms with Crippen molar-refractivity contribution in [1.82, 2.24) is 16.2 Å². The third kappa shape index (κ3) is 3.19. The standard InChI is InChI=1S/C13H19N5O2/c19-12-9-14-17-13(16-12)15-10-1-3-11(4-2-10)18-5-7-20-8-6-18/h1-4,13-15,17H,5-9H2,(H,16,19). The van der Waals surface area contributed by atoms with Crippen LogP contribution in [-0.4, -0.2) is 45.0 Å². The van der Waals surface area contributed by atoms with Gasteiger partial charge in [0.05, 0.1) is 19.8 Å². The Morgan fingerprint density at radius 3 is 2.65 bits per heavy atom. The van der Waals surface area contributed by atoms with Crippen LogP contribution in [0.5, 0.6) is 0 Å². The fourth-order valence-corrected chi connectivity index (χ4v) is 2.31. The van der Waals surface area contributed by atoms with Gasteiger partial charge in [-0.15, -0.1) is 0 Å². The lowest BCUT2D eigenvalue weighted by Gasteiger charge is -2.29. The van der Waals surface area contributed by atoms with Crippen LogP contribution in [0, 0.1) is 0 Å². The van der Waals surface area contributed by atoms with E-state index in [1.807, 2.05) is 12.1 Å². The van der Waals surface area contributed by atoms with Crippen LogP contribution in [0.15, 0.2) is 24.3 Å². The third-order valence-electron chi connectivity index (χ3n) is 3.36. The van der Waals surface area contributed by atoms with E-state index in [9.17, 15) is 4.79 Å². The summed E-state index contributed by atoms with van der Waals surface area (Å²) in [6, 6.07) is 8.16. The smallest absolute Gasteiger partial charge is 0.237 e. The van der Waals surface area contributed by atoms with Crippen LogP contribution in [0.4, 0.5) is 11.4 Å². The molecule has 0 aliphatic carbocycles. The van der Waals surface area contributed by atoms with Gasteiger partial charge in [0.15, 0.2) is 6.29 Å². The van der Waals surface area contributed by atoms with Crippen LogP contribution in [0.1, 0.15) is 0 Å². The topological polar surface area (TPSA) is 77.7 Å². The molecule has 0 spiro atoms. The van der Waals surface area contributed by atoms with Gasteiger partial charge in [-0.2, -0.15) is 0 Å². The molecule has 3 rings (SSSR count). The van der Waals surface area contributed by atoms with Crippen molar-refractivity contribution in [3.63, 3.8) is 0 Å². The van der Waals surface area contributed by atoms with Crippen LogP contribution < -0.4 is 26.4 Å². The molecule has 108 valence electrons. The Morgan fingerprint density at radius 2 is 1.95 bits per heavy atom. The minimum absolute atomic E-state index is 0.0359. The molecule has 1 amide bonds. The SMILES string of the molecule is O=C1CNNC(Nc2ccc(N3CCOCC3)cc2)N1. The maximum absolute atomic E-state index is 11.3. The van der Waals surface area contributed by atoms with Crippen molar-refractivity contribution in [3.8, 4) is 0 Å². The summed E-state index contributed by atoms with van der Waals surface area (Å²) in [6.07, 6.45) is -0.300. The number of hydrogen-bond donors (Lipinski definition) is 4. The Kier molecular flexibility index (Phi) is 4.00. The van der Waals surface area contributed by atoms with Crippen molar-refractivity contribution in [2.75, 3.05) is 43.1 Å². The van der Waals surface area contributed by atoms with E-state index in [0.717, 1.165) is 32.0 Å². The number of rotatable bonds is 3. The monoisotopic (exact) mass is 277 g/mol. The van der Waals surface area contributed by atoms with Gasteiger partial charge < -0.3 is 20.3 Å². The molecule has 2 heterocycles. The lowest BCUT2D eigenvalue weighted by Crippen LogP contribution is -2.63. The molecule has 2 saturated heterocycles. The number of benzene rings is 1. The van der Waals surface area contributed by atoms with Crippen LogP contribution >= 0.6 is 0 Å². The number of morpholine rings is 1. The maximum Gasteiger partial charge on any atom is 0.237 e. The van der Waals surface area contributed by atoms with Crippen LogP contribution in [0.2, 0.25) is 0 Å². The summed E-state index contributed by atoms with van der Waals surface area (Å²) in [6.45, 7) is 3.70. The summed E-state index contributed by atoms with van der Waals surface area (Å²) in [4.78, 5) is 13.6. The number of nitrogens with one attached hydrogen (secondary N) is 4. The Hall–Kier alpha value is -1.83. The highest BCUT2D eigenvalue weighted by Crippen LogP contribution is 2.19. The average molecular weight is 277 g/mol. The average Bonchev–Trinajstić information content (AvgIpc) is 2.49. The molecule has 20 heavy (non-hydrogen) atoms. The van der Waals surface area contributed by atoms with Crippen molar-refractivity contribution < 1.29 is 9.53 Å². The molecule has 4 N–H and O–H groups in total. The summed E-state index contributed by atoms with van der Waals surface area (Å²) in [5.41, 5.74) is 7.92. The second-order valence-corrected chi connectivity index (χ2v) is 4.79. The van der Waals surface area contributed by atoms with Crippen LogP contribution in [-0.2, 0) is 9.53 Å². The molecule has 0 saturated carbocycles. The Morgan fingerprint density at radius 1 is 1.20 bits per heavy atom. The number of ether oxygens (including phenoxy) is 1. The van der Waals surface area contributed by atoms with Crippen LogP contribution in [0.25, 0.3) is 0 Å². The van der Waals surface area contributed by atoms with Gasteiger partial charge in [-0.05, 0) is 24.3 Å². The molecule has 0 bridgehead atoms. The van der Waals surface area contributed by atoms with Crippen molar-refractivity contribution >= 4 is 17.3 Å². The fourth-order valence-electron chi connectivity index (χ4n) is 2.31. The Balaban J connectivity index is 1.59. The molecule has 7 heteroatoms. The van der Waals surface area contributed by atoms with E-state index in [-0.39, 0.29) is 18.7 Å². The molecule has 0 radical (unpaired) electrons. The van der Waals surface area contributed by atoms with Gasteiger partial charge in [-0.1, -0.05) is 0 Å². The molecular formula is C13H19N5O2. The van der Waals surface area contributed by atoms with E-state index in [1.165, 1.54) is 5.69 Å². The van der Waals surface area contributed by atoms with Gasteiger partial charge in [0.2, 0.25) is 5.91 Å². The first-order valence-electron chi connectivity index (χ1n) is 6.78. The first-order chi connectivity index (χ1) is 9.81. The number of hydrazine groups is 1. The van der Waals surface area contributed by atoms with E-state index in [0.29, 0.717) is 0 Å². The molecule has 1 aromatic carbocycles. The number of anilines is 2. The fraction of sp³-hybridized carbons (Fsp3) is 0.462. The van der Waals surface area contributed by atoms with E-state index in [2.05, 4.69) is 38.5 Å². The lowest BCUT2D eigenvalue weighted by molar-refractivity contribution is -0.122. The molecule has 2 aliphatic heterocycles. The quantitative estimate of drug-likeness (QED) is 0.593. The van der Waals surface area contributed by atoms with E-state index < -0.39 is 0 Å². The first kappa shape index (κ1) is 13.2. The molecule has 2 aliphatic rings. The van der Waals surface area contributed by atoms with Gasteiger partial charge in [0.25, 0.3) is 0 Å². The number of nitrogens with zero attached hydrogens (tertiary/aromatic N) is 1. The molecular weight excluding hydrogens is 258 g/mol.